The first-order valence-corrected chi connectivity index (χ1v) is 10.9. The van der Waals surface area contributed by atoms with E-state index in [-0.39, 0.29) is 11.7 Å². The standard InChI is InChI=1S/C25H21FN6O2/c26-19-2-3-22-21(11-19)20(5-8-29-22)16-6-9-32(10-7-16)25(34)24(33)31-23-4-1-17(14-30-23)18-12-27-15-28-13-18/h1-5,8,11-16H,6-7,9-10H2,(H,30,31,33). The van der Waals surface area contributed by atoms with Crippen LogP contribution in [0, 0.1) is 5.82 Å². The second-order valence-electron chi connectivity index (χ2n) is 8.14. The van der Waals surface area contributed by atoms with Gasteiger partial charge in [-0.15, -0.1) is 0 Å². The van der Waals surface area contributed by atoms with Crippen molar-refractivity contribution in [2.75, 3.05) is 18.4 Å². The van der Waals surface area contributed by atoms with Crippen LogP contribution >= 0.6 is 0 Å². The summed E-state index contributed by atoms with van der Waals surface area (Å²) in [7, 11) is 0. The number of rotatable bonds is 3. The number of hydrogen-bond acceptors (Lipinski definition) is 6. The molecule has 4 heterocycles. The Balaban J connectivity index is 1.21. The van der Waals surface area contributed by atoms with Crippen LogP contribution in [0.4, 0.5) is 10.2 Å². The molecule has 0 spiro atoms. The minimum atomic E-state index is -0.724. The fraction of sp³-hybridized carbons (Fsp3) is 0.200. The molecule has 34 heavy (non-hydrogen) atoms. The molecule has 0 atom stereocenters. The lowest BCUT2D eigenvalue weighted by atomic mass is 9.87. The quantitative estimate of drug-likeness (QED) is 0.473. The molecule has 1 fully saturated rings. The fourth-order valence-electron chi connectivity index (χ4n) is 4.29. The van der Waals surface area contributed by atoms with E-state index in [0.717, 1.165) is 27.6 Å². The predicted molar refractivity (Wildman–Crippen MR) is 124 cm³/mol. The Bertz CT molecular complexity index is 1340. The number of carbonyl (C=O) groups excluding carboxylic acids is 2. The molecule has 2 amide bonds. The first-order chi connectivity index (χ1) is 16.6. The van der Waals surface area contributed by atoms with Crippen LogP contribution in [0.1, 0.15) is 24.3 Å². The van der Waals surface area contributed by atoms with Gasteiger partial charge in [0.2, 0.25) is 0 Å². The number of anilines is 1. The smallest absolute Gasteiger partial charge is 0.315 e. The number of amides is 2. The van der Waals surface area contributed by atoms with Gasteiger partial charge in [0, 0.05) is 54.4 Å². The maximum atomic E-state index is 13.8. The topological polar surface area (TPSA) is 101 Å². The normalized spacial score (nSPS) is 14.2. The number of hydrogen-bond donors (Lipinski definition) is 1. The predicted octanol–water partition coefficient (Wildman–Crippen LogP) is 3.57. The summed E-state index contributed by atoms with van der Waals surface area (Å²) in [6.45, 7) is 0.882. The molecule has 1 saturated heterocycles. The van der Waals surface area contributed by atoms with Gasteiger partial charge in [-0.05, 0) is 60.7 Å². The van der Waals surface area contributed by atoms with E-state index < -0.39 is 11.8 Å². The first kappa shape index (κ1) is 21.6. The van der Waals surface area contributed by atoms with E-state index in [1.165, 1.54) is 18.5 Å². The number of nitrogens with zero attached hydrogens (tertiary/aromatic N) is 5. The van der Waals surface area contributed by atoms with Crippen LogP contribution in [0.3, 0.4) is 0 Å². The third kappa shape index (κ3) is 4.45. The Hall–Kier alpha value is -4.27. The van der Waals surface area contributed by atoms with Gasteiger partial charge >= 0.3 is 11.8 Å². The lowest BCUT2D eigenvalue weighted by Gasteiger charge is -2.32. The van der Waals surface area contributed by atoms with E-state index in [1.807, 2.05) is 6.07 Å². The van der Waals surface area contributed by atoms with Crippen LogP contribution in [0.25, 0.3) is 22.0 Å². The second kappa shape index (κ2) is 9.30. The van der Waals surface area contributed by atoms with Gasteiger partial charge < -0.3 is 10.2 Å². The van der Waals surface area contributed by atoms with Crippen molar-refractivity contribution in [3.63, 3.8) is 0 Å². The van der Waals surface area contributed by atoms with Gasteiger partial charge in [-0.1, -0.05) is 0 Å². The molecule has 4 aromatic rings. The molecule has 1 aromatic carbocycles. The summed E-state index contributed by atoms with van der Waals surface area (Å²) in [4.78, 5) is 43.2. The van der Waals surface area contributed by atoms with Crippen molar-refractivity contribution >= 4 is 28.5 Å². The van der Waals surface area contributed by atoms with Crippen molar-refractivity contribution in [2.45, 2.75) is 18.8 Å². The number of halogens is 1. The Morgan fingerprint density at radius 2 is 1.74 bits per heavy atom. The monoisotopic (exact) mass is 456 g/mol. The minimum absolute atomic E-state index is 0.163. The van der Waals surface area contributed by atoms with Gasteiger partial charge in [-0.2, -0.15) is 0 Å². The summed E-state index contributed by atoms with van der Waals surface area (Å²) < 4.78 is 13.8. The molecule has 8 nitrogen and oxygen atoms in total. The highest BCUT2D eigenvalue weighted by atomic mass is 19.1. The highest BCUT2D eigenvalue weighted by Crippen LogP contribution is 2.32. The Morgan fingerprint density at radius 3 is 2.47 bits per heavy atom. The van der Waals surface area contributed by atoms with Crippen molar-refractivity contribution in [3.05, 3.63) is 78.9 Å². The summed E-state index contributed by atoms with van der Waals surface area (Å²) in [6, 6.07) is 9.90. The summed E-state index contributed by atoms with van der Waals surface area (Å²) in [5.41, 5.74) is 3.37. The lowest BCUT2D eigenvalue weighted by molar-refractivity contribution is -0.143. The maximum absolute atomic E-state index is 13.8. The van der Waals surface area contributed by atoms with Crippen molar-refractivity contribution in [3.8, 4) is 11.1 Å². The van der Waals surface area contributed by atoms with Crippen molar-refractivity contribution < 1.29 is 14.0 Å². The molecule has 0 aliphatic carbocycles. The number of fused-ring (bicyclic) bond motifs is 1. The van der Waals surface area contributed by atoms with E-state index in [4.69, 9.17) is 0 Å². The highest BCUT2D eigenvalue weighted by molar-refractivity contribution is 6.39. The van der Waals surface area contributed by atoms with Gasteiger partial charge in [0.05, 0.1) is 5.52 Å². The average molecular weight is 456 g/mol. The zero-order valence-electron chi connectivity index (χ0n) is 18.2. The Kier molecular flexibility index (Phi) is 5.90. The number of carbonyl (C=O) groups is 2. The van der Waals surface area contributed by atoms with Gasteiger partial charge in [-0.25, -0.2) is 19.3 Å². The van der Waals surface area contributed by atoms with Crippen LogP contribution in [-0.4, -0.2) is 49.7 Å². The molecule has 3 aromatic heterocycles. The van der Waals surface area contributed by atoms with E-state index in [2.05, 4.69) is 25.3 Å². The molecule has 1 aliphatic rings. The second-order valence-corrected chi connectivity index (χ2v) is 8.14. The van der Waals surface area contributed by atoms with Crippen molar-refractivity contribution in [2.24, 2.45) is 0 Å². The summed E-state index contributed by atoms with van der Waals surface area (Å²) in [5, 5.41) is 3.36. The largest absolute Gasteiger partial charge is 0.334 e. The molecular formula is C25H21FN6O2. The van der Waals surface area contributed by atoms with Crippen molar-refractivity contribution in [1.82, 2.24) is 24.8 Å². The number of benzene rings is 1. The van der Waals surface area contributed by atoms with Crippen LogP contribution in [0.5, 0.6) is 0 Å². The van der Waals surface area contributed by atoms with Crippen LogP contribution in [0.2, 0.25) is 0 Å². The fourth-order valence-corrected chi connectivity index (χ4v) is 4.29. The molecule has 1 aliphatic heterocycles. The zero-order valence-corrected chi connectivity index (χ0v) is 18.2. The SMILES string of the molecule is O=C(Nc1ccc(-c2cncnc2)cn1)C(=O)N1CCC(c2ccnc3ccc(F)cc23)CC1. The van der Waals surface area contributed by atoms with E-state index in [1.54, 1.807) is 47.9 Å². The van der Waals surface area contributed by atoms with E-state index >= 15 is 0 Å². The van der Waals surface area contributed by atoms with Crippen LogP contribution < -0.4 is 5.32 Å². The Morgan fingerprint density at radius 1 is 0.941 bits per heavy atom. The first-order valence-electron chi connectivity index (χ1n) is 10.9. The van der Waals surface area contributed by atoms with Gasteiger partial charge in [-0.3, -0.25) is 14.6 Å². The number of piperidine rings is 1. The van der Waals surface area contributed by atoms with Gasteiger partial charge in [0.15, 0.2) is 0 Å². The van der Waals surface area contributed by atoms with E-state index in [9.17, 15) is 14.0 Å². The molecule has 9 heteroatoms. The molecule has 170 valence electrons. The van der Waals surface area contributed by atoms with Crippen molar-refractivity contribution in [1.29, 1.82) is 0 Å². The molecule has 0 unspecified atom stereocenters. The number of pyridine rings is 2. The summed E-state index contributed by atoms with van der Waals surface area (Å²) >= 11 is 0. The average Bonchev–Trinajstić information content (AvgIpc) is 2.89. The minimum Gasteiger partial charge on any atom is -0.334 e. The number of nitrogens with one attached hydrogen (secondary N) is 1. The van der Waals surface area contributed by atoms with Gasteiger partial charge in [0.1, 0.15) is 18.0 Å². The van der Waals surface area contributed by atoms with E-state index in [0.29, 0.717) is 31.7 Å². The molecular weight excluding hydrogens is 435 g/mol. The molecule has 0 saturated carbocycles. The lowest BCUT2D eigenvalue weighted by Crippen LogP contribution is -2.43. The molecule has 0 radical (unpaired) electrons. The molecule has 0 bridgehead atoms. The zero-order chi connectivity index (χ0) is 23.5. The molecule has 5 rings (SSSR count). The Labute approximate surface area is 194 Å². The number of aromatic nitrogens is 4. The third-order valence-corrected chi connectivity index (χ3v) is 6.05. The molecule has 1 N–H and O–H groups in total. The third-order valence-electron chi connectivity index (χ3n) is 6.05. The number of likely N-dealkylation sites (tertiary alicyclic amines) is 1. The van der Waals surface area contributed by atoms with Gasteiger partial charge in [0.25, 0.3) is 0 Å². The maximum Gasteiger partial charge on any atom is 0.315 e. The summed E-state index contributed by atoms with van der Waals surface area (Å²) in [6.07, 6.45) is 9.46. The van der Waals surface area contributed by atoms with Crippen LogP contribution in [-0.2, 0) is 9.59 Å². The van der Waals surface area contributed by atoms with Crippen LogP contribution in [0.15, 0.2) is 67.5 Å². The highest BCUT2D eigenvalue weighted by Gasteiger charge is 2.28. The summed E-state index contributed by atoms with van der Waals surface area (Å²) in [5.74, 6) is -1.16.